The molecule has 9 heteroatoms. The second-order valence-corrected chi connectivity index (χ2v) is 10.0. The van der Waals surface area contributed by atoms with Crippen LogP contribution in [0.3, 0.4) is 0 Å². The second-order valence-electron chi connectivity index (χ2n) is 10.0. The number of hydrogen-bond donors (Lipinski definition) is 1. The number of amides is 2. The average molecular weight is 489 g/mol. The number of rotatable bonds is 5. The SMILES string of the molecule is CC(=O)N1CCC[C@H]1C(=O)N(C)C(c1ccc(N[C@H]2Cc3ccccc3C2(C)C)cn1)C(F)(F)F. The van der Waals surface area contributed by atoms with Gasteiger partial charge in [0, 0.05) is 32.0 Å². The number of fused-ring (bicyclic) bond motifs is 1. The van der Waals surface area contributed by atoms with Crippen LogP contribution in [0.1, 0.15) is 56.5 Å². The van der Waals surface area contributed by atoms with E-state index in [4.69, 9.17) is 0 Å². The lowest BCUT2D eigenvalue weighted by Gasteiger charge is -2.34. The van der Waals surface area contributed by atoms with Gasteiger partial charge < -0.3 is 15.1 Å². The number of pyridine rings is 1. The Morgan fingerprint density at radius 3 is 2.51 bits per heavy atom. The largest absolute Gasteiger partial charge is 0.414 e. The van der Waals surface area contributed by atoms with Crippen molar-refractivity contribution in [1.29, 1.82) is 0 Å². The normalized spacial score (nSPS) is 22.0. The summed E-state index contributed by atoms with van der Waals surface area (Å²) in [5.41, 5.74) is 2.71. The van der Waals surface area contributed by atoms with Gasteiger partial charge in [0.2, 0.25) is 11.8 Å². The Morgan fingerprint density at radius 2 is 1.91 bits per heavy atom. The number of benzene rings is 1. The van der Waals surface area contributed by atoms with Gasteiger partial charge in [-0.25, -0.2) is 0 Å². The molecule has 1 unspecified atom stereocenters. The van der Waals surface area contributed by atoms with Crippen molar-refractivity contribution in [3.63, 3.8) is 0 Å². The summed E-state index contributed by atoms with van der Waals surface area (Å²) in [5, 5.41) is 3.43. The summed E-state index contributed by atoms with van der Waals surface area (Å²) in [7, 11) is 1.13. The molecule has 0 radical (unpaired) electrons. The summed E-state index contributed by atoms with van der Waals surface area (Å²) in [4.78, 5) is 31.0. The fourth-order valence-corrected chi connectivity index (χ4v) is 5.42. The van der Waals surface area contributed by atoms with Crippen molar-refractivity contribution < 1.29 is 22.8 Å². The first-order valence-electron chi connectivity index (χ1n) is 11.8. The van der Waals surface area contributed by atoms with E-state index in [1.807, 2.05) is 12.1 Å². The number of anilines is 1. The van der Waals surface area contributed by atoms with E-state index in [0.717, 1.165) is 13.5 Å². The fourth-order valence-electron chi connectivity index (χ4n) is 5.42. The van der Waals surface area contributed by atoms with Crippen LogP contribution in [0, 0.1) is 0 Å². The van der Waals surface area contributed by atoms with Crippen molar-refractivity contribution in [3.8, 4) is 0 Å². The molecule has 1 aromatic carbocycles. The van der Waals surface area contributed by atoms with Gasteiger partial charge in [0.25, 0.3) is 0 Å². The molecule has 2 amide bonds. The summed E-state index contributed by atoms with van der Waals surface area (Å²) in [6.45, 7) is 5.98. The van der Waals surface area contributed by atoms with Gasteiger partial charge >= 0.3 is 6.18 Å². The Bertz CT molecular complexity index is 1100. The van der Waals surface area contributed by atoms with E-state index in [1.165, 1.54) is 35.2 Å². The highest BCUT2D eigenvalue weighted by Gasteiger charge is 2.48. The van der Waals surface area contributed by atoms with E-state index in [1.54, 1.807) is 6.07 Å². The maximum atomic E-state index is 14.1. The van der Waals surface area contributed by atoms with Gasteiger partial charge in [-0.05, 0) is 42.5 Å². The number of aromatic nitrogens is 1. The molecular weight excluding hydrogens is 457 g/mol. The van der Waals surface area contributed by atoms with E-state index < -0.39 is 24.2 Å². The van der Waals surface area contributed by atoms with Crippen LogP contribution in [0.15, 0.2) is 42.6 Å². The highest BCUT2D eigenvalue weighted by atomic mass is 19.4. The zero-order valence-electron chi connectivity index (χ0n) is 20.4. The summed E-state index contributed by atoms with van der Waals surface area (Å²) in [5.74, 6) is -1.04. The van der Waals surface area contributed by atoms with Crippen LogP contribution in [0.2, 0.25) is 0 Å². The number of likely N-dealkylation sites (tertiary alicyclic amines) is 1. The lowest BCUT2D eigenvalue weighted by molar-refractivity contribution is -0.191. The molecule has 35 heavy (non-hydrogen) atoms. The predicted molar refractivity (Wildman–Crippen MR) is 127 cm³/mol. The summed E-state index contributed by atoms with van der Waals surface area (Å²) in [6.07, 6.45) is -1.59. The molecule has 1 aliphatic carbocycles. The van der Waals surface area contributed by atoms with E-state index in [-0.39, 0.29) is 23.1 Å². The lowest BCUT2D eigenvalue weighted by atomic mass is 9.83. The number of halogens is 3. The van der Waals surface area contributed by atoms with Crippen LogP contribution in [0.25, 0.3) is 0 Å². The molecule has 2 heterocycles. The van der Waals surface area contributed by atoms with Crippen LogP contribution < -0.4 is 5.32 Å². The second kappa shape index (κ2) is 9.17. The van der Waals surface area contributed by atoms with Gasteiger partial charge in [-0.3, -0.25) is 14.6 Å². The number of alkyl halides is 3. The van der Waals surface area contributed by atoms with Crippen LogP contribution >= 0.6 is 0 Å². The molecule has 0 spiro atoms. The maximum absolute atomic E-state index is 14.1. The van der Waals surface area contributed by atoms with Crippen LogP contribution in [-0.2, 0) is 21.4 Å². The summed E-state index contributed by atoms with van der Waals surface area (Å²) >= 11 is 0. The van der Waals surface area contributed by atoms with Crippen molar-refractivity contribution in [1.82, 2.24) is 14.8 Å². The van der Waals surface area contributed by atoms with Crippen molar-refractivity contribution >= 4 is 17.5 Å². The molecule has 2 aromatic rings. The molecule has 1 fully saturated rings. The van der Waals surface area contributed by atoms with Gasteiger partial charge in [0.15, 0.2) is 6.04 Å². The highest BCUT2D eigenvalue weighted by molar-refractivity contribution is 5.87. The molecule has 2 aliphatic rings. The van der Waals surface area contributed by atoms with Gasteiger partial charge in [0.1, 0.15) is 6.04 Å². The number of hydrogen-bond acceptors (Lipinski definition) is 4. The molecule has 188 valence electrons. The average Bonchev–Trinajstić information content (AvgIpc) is 3.37. The molecule has 1 N–H and O–H groups in total. The topological polar surface area (TPSA) is 65.5 Å². The Labute approximate surface area is 203 Å². The predicted octanol–water partition coefficient (Wildman–Crippen LogP) is 4.47. The number of likely N-dealkylation sites (N-methyl/N-ethyl adjacent to an activating group) is 1. The summed E-state index contributed by atoms with van der Waals surface area (Å²) < 4.78 is 42.3. The molecule has 1 aromatic heterocycles. The smallest absolute Gasteiger partial charge is 0.380 e. The van der Waals surface area contributed by atoms with Gasteiger partial charge in [-0.1, -0.05) is 38.1 Å². The standard InChI is InChI=1S/C26H31F3N4O2/c1-16(34)33-13-7-10-21(33)24(35)32(4)23(26(27,28)29)20-12-11-18(15-30-20)31-22-14-17-8-5-6-9-19(17)25(22,2)3/h5-6,8-9,11-12,15,21-23,31H,7,10,13-14H2,1-4H3/t21-,22-,23?/m0/s1. The van der Waals surface area contributed by atoms with Crippen LogP contribution in [0.4, 0.5) is 18.9 Å². The minimum absolute atomic E-state index is 0.0649. The fraction of sp³-hybridized carbons (Fsp3) is 0.500. The minimum atomic E-state index is -4.72. The lowest BCUT2D eigenvalue weighted by Crippen LogP contribution is -2.49. The van der Waals surface area contributed by atoms with Crippen molar-refractivity contribution in [2.45, 2.75) is 69.8 Å². The van der Waals surface area contributed by atoms with E-state index in [0.29, 0.717) is 30.0 Å². The zero-order chi connectivity index (χ0) is 25.5. The zero-order valence-corrected chi connectivity index (χ0v) is 20.4. The minimum Gasteiger partial charge on any atom is -0.380 e. The molecule has 3 atom stereocenters. The third-order valence-electron chi connectivity index (χ3n) is 7.40. The summed E-state index contributed by atoms with van der Waals surface area (Å²) in [6, 6.07) is 8.09. The third-order valence-corrected chi connectivity index (χ3v) is 7.40. The molecule has 4 rings (SSSR count). The monoisotopic (exact) mass is 488 g/mol. The van der Waals surface area contributed by atoms with Gasteiger partial charge in [0.05, 0.1) is 17.6 Å². The van der Waals surface area contributed by atoms with Crippen molar-refractivity contribution in [3.05, 3.63) is 59.4 Å². The first kappa shape index (κ1) is 25.0. The number of nitrogens with zero attached hydrogens (tertiary/aromatic N) is 3. The molecule has 0 saturated carbocycles. The highest BCUT2D eigenvalue weighted by Crippen LogP contribution is 2.41. The van der Waals surface area contributed by atoms with Gasteiger partial charge in [-0.2, -0.15) is 13.2 Å². The molecular formula is C26H31F3N4O2. The molecule has 1 saturated heterocycles. The van der Waals surface area contributed by atoms with E-state index in [9.17, 15) is 22.8 Å². The van der Waals surface area contributed by atoms with Crippen LogP contribution in [-0.4, -0.2) is 58.5 Å². The number of carbonyl (C=O) groups excluding carboxylic acids is 2. The number of nitrogens with one attached hydrogen (secondary N) is 1. The van der Waals surface area contributed by atoms with E-state index >= 15 is 0 Å². The van der Waals surface area contributed by atoms with Gasteiger partial charge in [-0.15, -0.1) is 0 Å². The first-order valence-corrected chi connectivity index (χ1v) is 11.8. The molecule has 6 nitrogen and oxygen atoms in total. The molecule has 0 bridgehead atoms. The maximum Gasteiger partial charge on any atom is 0.414 e. The Morgan fingerprint density at radius 1 is 1.20 bits per heavy atom. The quantitative estimate of drug-likeness (QED) is 0.675. The molecule has 1 aliphatic heterocycles. The Balaban J connectivity index is 1.53. The number of carbonyl (C=O) groups is 2. The Kier molecular flexibility index (Phi) is 6.55. The third kappa shape index (κ3) is 4.73. The van der Waals surface area contributed by atoms with Crippen molar-refractivity contribution in [2.75, 3.05) is 18.9 Å². The van der Waals surface area contributed by atoms with E-state index in [2.05, 4.69) is 36.3 Å². The first-order chi connectivity index (χ1) is 16.4. The van der Waals surface area contributed by atoms with Crippen LogP contribution in [0.5, 0.6) is 0 Å². The van der Waals surface area contributed by atoms with Crippen molar-refractivity contribution in [2.24, 2.45) is 0 Å². The Hall–Kier alpha value is -3.10.